The van der Waals surface area contributed by atoms with Crippen LogP contribution in [0.5, 0.6) is 0 Å². The Balaban J connectivity index is 2.60. The van der Waals surface area contributed by atoms with Crippen LogP contribution in [0.4, 0.5) is 11.5 Å². The average molecular weight is 210 g/mol. The Hall–Kier alpha value is -1.33. The molecule has 0 aromatic carbocycles. The number of nitrogen functional groups attached to an aromatic ring is 1. The van der Waals surface area contributed by atoms with Gasteiger partial charge in [0.25, 0.3) is 0 Å². The van der Waals surface area contributed by atoms with Gasteiger partial charge in [0.1, 0.15) is 5.82 Å². The molecule has 1 aromatic heterocycles. The van der Waals surface area contributed by atoms with Crippen LogP contribution in [0.2, 0.25) is 0 Å². The van der Waals surface area contributed by atoms with Crippen LogP contribution < -0.4 is 16.2 Å². The quantitative estimate of drug-likeness (QED) is 0.489. The van der Waals surface area contributed by atoms with E-state index in [9.17, 15) is 5.11 Å². The summed E-state index contributed by atoms with van der Waals surface area (Å²) in [5.74, 6) is 5.91. The van der Waals surface area contributed by atoms with Crippen LogP contribution in [0.25, 0.3) is 0 Å². The van der Waals surface area contributed by atoms with Gasteiger partial charge in [0, 0.05) is 31.5 Å². The summed E-state index contributed by atoms with van der Waals surface area (Å²) in [5, 5.41) is 9.18. The van der Waals surface area contributed by atoms with Gasteiger partial charge in [0.05, 0.1) is 6.10 Å². The van der Waals surface area contributed by atoms with Crippen LogP contribution in [0, 0.1) is 0 Å². The Kier molecular flexibility index (Phi) is 4.33. The lowest BCUT2D eigenvalue weighted by Gasteiger charge is -2.20. The molecule has 0 spiro atoms. The van der Waals surface area contributed by atoms with E-state index in [0.717, 1.165) is 18.7 Å². The third-order valence-corrected chi connectivity index (χ3v) is 2.21. The first kappa shape index (κ1) is 11.7. The molecular weight excluding hydrogens is 192 g/mol. The van der Waals surface area contributed by atoms with Crippen LogP contribution in [0.3, 0.4) is 0 Å². The molecule has 1 heterocycles. The number of hydrogen-bond donors (Lipinski definition) is 3. The molecule has 0 amide bonds. The van der Waals surface area contributed by atoms with E-state index in [2.05, 4.69) is 15.3 Å². The zero-order valence-corrected chi connectivity index (χ0v) is 9.14. The van der Waals surface area contributed by atoms with Crippen molar-refractivity contribution < 1.29 is 5.11 Å². The number of nitrogens with zero attached hydrogens (tertiary/aromatic N) is 2. The fourth-order valence-electron chi connectivity index (χ4n) is 1.25. The van der Waals surface area contributed by atoms with E-state index >= 15 is 0 Å². The van der Waals surface area contributed by atoms with Crippen molar-refractivity contribution in [1.82, 2.24) is 4.98 Å². The third kappa shape index (κ3) is 3.73. The number of hydrogen-bond acceptors (Lipinski definition) is 5. The fraction of sp³-hybridized carbons (Fsp3) is 0.500. The van der Waals surface area contributed by atoms with E-state index in [-0.39, 0.29) is 6.10 Å². The van der Waals surface area contributed by atoms with Gasteiger partial charge in [0.2, 0.25) is 0 Å². The number of rotatable bonds is 5. The lowest BCUT2D eigenvalue weighted by atomic mass is 10.2. The number of hydrazine groups is 1. The minimum atomic E-state index is -0.276. The molecule has 84 valence electrons. The number of nitrogens with one attached hydrogen (secondary N) is 1. The minimum Gasteiger partial charge on any atom is -0.393 e. The Bertz CT molecular complexity index is 303. The Morgan fingerprint density at radius 2 is 2.40 bits per heavy atom. The number of aliphatic hydroxyl groups is 1. The maximum atomic E-state index is 9.18. The van der Waals surface area contributed by atoms with Gasteiger partial charge in [-0.15, -0.1) is 0 Å². The first-order valence-electron chi connectivity index (χ1n) is 4.95. The standard InChI is InChI=1S/C10H18N4O/c1-8(15)4-6-14(2)9-3-5-12-10(7-9)13-11/h3,5,7-8,15H,4,6,11H2,1-2H3,(H,12,13). The van der Waals surface area contributed by atoms with Crippen molar-refractivity contribution in [3.05, 3.63) is 18.3 Å². The number of aliphatic hydroxyl groups excluding tert-OH is 1. The summed E-state index contributed by atoms with van der Waals surface area (Å²) in [6, 6.07) is 3.77. The monoisotopic (exact) mass is 210 g/mol. The molecular formula is C10H18N4O. The Morgan fingerprint density at radius 3 is 3.00 bits per heavy atom. The largest absolute Gasteiger partial charge is 0.393 e. The number of pyridine rings is 1. The summed E-state index contributed by atoms with van der Waals surface area (Å²) < 4.78 is 0. The minimum absolute atomic E-state index is 0.276. The molecule has 0 bridgehead atoms. The second kappa shape index (κ2) is 5.53. The van der Waals surface area contributed by atoms with Crippen LogP contribution in [0.15, 0.2) is 18.3 Å². The predicted molar refractivity (Wildman–Crippen MR) is 61.6 cm³/mol. The number of nitrogens with two attached hydrogens (primary N) is 1. The molecule has 0 saturated heterocycles. The highest BCUT2D eigenvalue weighted by Crippen LogP contribution is 2.15. The molecule has 5 nitrogen and oxygen atoms in total. The molecule has 0 fully saturated rings. The second-order valence-corrected chi connectivity index (χ2v) is 3.60. The maximum Gasteiger partial charge on any atom is 0.141 e. The molecule has 1 unspecified atom stereocenters. The first-order chi connectivity index (χ1) is 7.13. The van der Waals surface area contributed by atoms with Gasteiger partial charge in [0.15, 0.2) is 0 Å². The summed E-state index contributed by atoms with van der Waals surface area (Å²) in [7, 11) is 1.97. The topological polar surface area (TPSA) is 74.4 Å². The predicted octanol–water partition coefficient (Wildman–Crippen LogP) is 0.574. The average Bonchev–Trinajstić information content (AvgIpc) is 2.26. The van der Waals surface area contributed by atoms with Crippen molar-refractivity contribution in [2.24, 2.45) is 5.84 Å². The third-order valence-electron chi connectivity index (χ3n) is 2.21. The van der Waals surface area contributed by atoms with Gasteiger partial charge in [-0.25, -0.2) is 10.8 Å². The fourth-order valence-corrected chi connectivity index (χ4v) is 1.25. The van der Waals surface area contributed by atoms with Gasteiger partial charge in [-0.2, -0.15) is 0 Å². The van der Waals surface area contributed by atoms with Crippen molar-refractivity contribution in [1.29, 1.82) is 0 Å². The lowest BCUT2D eigenvalue weighted by Crippen LogP contribution is -2.22. The molecule has 0 radical (unpaired) electrons. The van der Waals surface area contributed by atoms with Crippen molar-refractivity contribution in [2.45, 2.75) is 19.4 Å². The summed E-state index contributed by atoms with van der Waals surface area (Å²) in [6.45, 7) is 2.58. The summed E-state index contributed by atoms with van der Waals surface area (Å²) in [6.07, 6.45) is 2.16. The van der Waals surface area contributed by atoms with Crippen molar-refractivity contribution in [3.63, 3.8) is 0 Å². The van der Waals surface area contributed by atoms with Gasteiger partial charge >= 0.3 is 0 Å². The molecule has 1 atom stereocenters. The first-order valence-corrected chi connectivity index (χ1v) is 4.95. The zero-order valence-electron chi connectivity index (χ0n) is 9.14. The number of anilines is 2. The van der Waals surface area contributed by atoms with Crippen molar-refractivity contribution in [2.75, 3.05) is 23.9 Å². The SMILES string of the molecule is CC(O)CCN(C)c1ccnc(NN)c1. The van der Waals surface area contributed by atoms with E-state index in [1.165, 1.54) is 0 Å². The molecule has 1 aromatic rings. The highest BCUT2D eigenvalue weighted by molar-refractivity contribution is 5.52. The molecule has 1 rings (SSSR count). The van der Waals surface area contributed by atoms with Crippen LogP contribution in [0.1, 0.15) is 13.3 Å². The van der Waals surface area contributed by atoms with Gasteiger partial charge in [-0.1, -0.05) is 0 Å². The van der Waals surface area contributed by atoms with E-state index < -0.39 is 0 Å². The van der Waals surface area contributed by atoms with Gasteiger partial charge in [-0.3, -0.25) is 0 Å². The zero-order chi connectivity index (χ0) is 11.3. The van der Waals surface area contributed by atoms with Crippen LogP contribution >= 0.6 is 0 Å². The highest BCUT2D eigenvalue weighted by atomic mass is 16.3. The highest BCUT2D eigenvalue weighted by Gasteiger charge is 2.03. The second-order valence-electron chi connectivity index (χ2n) is 3.60. The van der Waals surface area contributed by atoms with Gasteiger partial charge < -0.3 is 15.4 Å². The molecule has 0 saturated carbocycles. The molecule has 15 heavy (non-hydrogen) atoms. The Labute approximate surface area is 89.9 Å². The van der Waals surface area contributed by atoms with Crippen LogP contribution in [-0.2, 0) is 0 Å². The van der Waals surface area contributed by atoms with Crippen molar-refractivity contribution in [3.8, 4) is 0 Å². The van der Waals surface area contributed by atoms with Gasteiger partial charge in [-0.05, 0) is 19.4 Å². The summed E-state index contributed by atoms with van der Waals surface area (Å²) in [5.41, 5.74) is 3.53. The Morgan fingerprint density at radius 1 is 1.67 bits per heavy atom. The molecule has 5 heteroatoms. The summed E-state index contributed by atoms with van der Waals surface area (Å²) in [4.78, 5) is 6.07. The molecule has 0 aliphatic rings. The van der Waals surface area contributed by atoms with Crippen LogP contribution in [-0.4, -0.2) is 29.8 Å². The van der Waals surface area contributed by atoms with E-state index in [0.29, 0.717) is 5.82 Å². The van der Waals surface area contributed by atoms with E-state index in [4.69, 9.17) is 5.84 Å². The maximum absolute atomic E-state index is 9.18. The summed E-state index contributed by atoms with van der Waals surface area (Å²) >= 11 is 0. The smallest absolute Gasteiger partial charge is 0.141 e. The lowest BCUT2D eigenvalue weighted by molar-refractivity contribution is 0.187. The molecule has 0 aliphatic heterocycles. The van der Waals surface area contributed by atoms with E-state index in [1.54, 1.807) is 13.1 Å². The van der Waals surface area contributed by atoms with E-state index in [1.807, 2.05) is 19.2 Å². The molecule has 4 N–H and O–H groups in total. The van der Waals surface area contributed by atoms with Crippen molar-refractivity contribution >= 4 is 11.5 Å². The normalized spacial score (nSPS) is 12.3. The molecule has 0 aliphatic carbocycles. The number of aromatic nitrogens is 1.